The number of unbranched alkanes of at least 4 members (excludes halogenated alkanes) is 11. The van der Waals surface area contributed by atoms with Crippen LogP contribution in [-0.4, -0.2) is 31.1 Å². The van der Waals surface area contributed by atoms with E-state index >= 15 is 0 Å². The van der Waals surface area contributed by atoms with Crippen LogP contribution in [0.1, 0.15) is 117 Å². The fourth-order valence-electron chi connectivity index (χ4n) is 3.46. The zero-order valence-corrected chi connectivity index (χ0v) is 18.7. The molecule has 0 rings (SSSR count). The summed E-state index contributed by atoms with van der Waals surface area (Å²) in [6.07, 6.45) is 19.0. The number of amides is 1. The van der Waals surface area contributed by atoms with Crippen LogP contribution in [0.2, 0.25) is 0 Å². The van der Waals surface area contributed by atoms with E-state index in [1.54, 1.807) is 0 Å². The number of carbonyl (C=O) groups is 1. The molecule has 0 bridgehead atoms. The summed E-state index contributed by atoms with van der Waals surface area (Å²) in [6, 6.07) is 0. The van der Waals surface area contributed by atoms with Gasteiger partial charge in [-0.3, -0.25) is 4.79 Å². The number of carbonyl (C=O) groups excluding carboxylic acids is 1. The number of nitrogens with two attached hydrogens (primary N) is 1. The van der Waals surface area contributed by atoms with Crippen molar-refractivity contribution in [1.82, 2.24) is 10.6 Å². The van der Waals surface area contributed by atoms with Gasteiger partial charge in [-0.25, -0.2) is 0 Å². The average Bonchev–Trinajstić information content (AvgIpc) is 2.62. The van der Waals surface area contributed by atoms with E-state index in [-0.39, 0.29) is 11.4 Å². The van der Waals surface area contributed by atoms with Crippen LogP contribution in [-0.2, 0) is 4.79 Å². The fraction of sp³-hybridized carbons (Fsp3) is 0.957. The maximum atomic E-state index is 12.0. The molecule has 0 fully saturated rings. The molecule has 4 nitrogen and oxygen atoms in total. The quantitative estimate of drug-likeness (QED) is 0.250. The largest absolute Gasteiger partial charge is 0.351 e. The fourth-order valence-corrected chi connectivity index (χ4v) is 3.46. The smallest absolute Gasteiger partial charge is 0.221 e. The summed E-state index contributed by atoms with van der Waals surface area (Å²) in [5, 5.41) is 6.44. The van der Waals surface area contributed by atoms with E-state index in [1.165, 1.54) is 77.0 Å². The van der Waals surface area contributed by atoms with Gasteiger partial charge in [0.1, 0.15) is 0 Å². The van der Waals surface area contributed by atoms with Crippen LogP contribution in [0.25, 0.3) is 0 Å². The van der Waals surface area contributed by atoms with Crippen LogP contribution in [0.4, 0.5) is 0 Å². The molecule has 162 valence electrons. The van der Waals surface area contributed by atoms with Crippen molar-refractivity contribution in [3.8, 4) is 0 Å². The van der Waals surface area contributed by atoms with Crippen LogP contribution in [0.15, 0.2) is 0 Å². The Morgan fingerprint density at radius 1 is 0.778 bits per heavy atom. The van der Waals surface area contributed by atoms with Gasteiger partial charge in [-0.15, -0.1) is 0 Å². The molecule has 1 amide bonds. The highest BCUT2D eigenvalue weighted by molar-refractivity contribution is 5.76. The topological polar surface area (TPSA) is 67.2 Å². The molecule has 4 N–H and O–H groups in total. The first-order valence-electron chi connectivity index (χ1n) is 11.7. The van der Waals surface area contributed by atoms with E-state index in [0.29, 0.717) is 13.0 Å². The highest BCUT2D eigenvalue weighted by Crippen LogP contribution is 2.16. The SMILES string of the molecule is CCCCCCCCCCCCCCC(C)(C)NC(=O)CCNCCCN. The van der Waals surface area contributed by atoms with Crippen molar-refractivity contribution in [2.45, 2.75) is 123 Å². The number of hydrogen-bond acceptors (Lipinski definition) is 3. The van der Waals surface area contributed by atoms with Crippen molar-refractivity contribution in [3.63, 3.8) is 0 Å². The lowest BCUT2D eigenvalue weighted by atomic mass is 9.95. The summed E-state index contributed by atoms with van der Waals surface area (Å²) < 4.78 is 0. The Morgan fingerprint density at radius 3 is 1.81 bits per heavy atom. The highest BCUT2D eigenvalue weighted by Gasteiger charge is 2.19. The maximum absolute atomic E-state index is 12.0. The lowest BCUT2D eigenvalue weighted by molar-refractivity contribution is -0.122. The third-order valence-electron chi connectivity index (χ3n) is 5.22. The van der Waals surface area contributed by atoms with Gasteiger partial charge in [0.05, 0.1) is 0 Å². The van der Waals surface area contributed by atoms with Gasteiger partial charge < -0.3 is 16.4 Å². The normalized spacial score (nSPS) is 11.7. The van der Waals surface area contributed by atoms with Gasteiger partial charge in [-0.2, -0.15) is 0 Å². The van der Waals surface area contributed by atoms with E-state index in [1.807, 2.05) is 0 Å². The maximum Gasteiger partial charge on any atom is 0.221 e. The first-order valence-corrected chi connectivity index (χ1v) is 11.7. The molecule has 0 spiro atoms. The minimum Gasteiger partial charge on any atom is -0.351 e. The van der Waals surface area contributed by atoms with Gasteiger partial charge in [0, 0.05) is 18.5 Å². The molecule has 4 heteroatoms. The highest BCUT2D eigenvalue weighted by atomic mass is 16.1. The third kappa shape index (κ3) is 19.9. The first-order chi connectivity index (χ1) is 13.0. The van der Waals surface area contributed by atoms with Crippen LogP contribution in [0, 0.1) is 0 Å². The summed E-state index contributed by atoms with van der Waals surface area (Å²) in [7, 11) is 0. The molecule has 0 saturated heterocycles. The van der Waals surface area contributed by atoms with Crippen LogP contribution in [0.3, 0.4) is 0 Å². The second-order valence-electron chi connectivity index (χ2n) is 8.71. The Morgan fingerprint density at radius 2 is 1.30 bits per heavy atom. The summed E-state index contributed by atoms with van der Waals surface area (Å²) in [4.78, 5) is 12.0. The first kappa shape index (κ1) is 26.4. The minimum atomic E-state index is -0.0904. The van der Waals surface area contributed by atoms with Gasteiger partial charge in [0.25, 0.3) is 0 Å². The molecule has 0 heterocycles. The standard InChI is InChI=1S/C23H49N3O/c1-4-5-6-7-8-9-10-11-12-13-14-15-18-23(2,3)26-22(27)17-21-25-20-16-19-24/h25H,4-21,24H2,1-3H3,(H,26,27). The second kappa shape index (κ2) is 18.7. The van der Waals surface area contributed by atoms with E-state index < -0.39 is 0 Å². The molecular formula is C23H49N3O. The molecule has 0 atom stereocenters. The summed E-state index contributed by atoms with van der Waals surface area (Å²) in [5.74, 6) is 0.152. The van der Waals surface area contributed by atoms with Crippen molar-refractivity contribution >= 4 is 5.91 Å². The van der Waals surface area contributed by atoms with Crippen molar-refractivity contribution < 1.29 is 4.79 Å². The Hall–Kier alpha value is -0.610. The monoisotopic (exact) mass is 383 g/mol. The molecule has 0 aromatic heterocycles. The van der Waals surface area contributed by atoms with Crippen LogP contribution in [0.5, 0.6) is 0 Å². The molecule has 27 heavy (non-hydrogen) atoms. The van der Waals surface area contributed by atoms with E-state index in [9.17, 15) is 4.79 Å². The predicted octanol–water partition coefficient (Wildman–Crippen LogP) is 5.30. The molecule has 0 unspecified atom stereocenters. The Bertz CT molecular complexity index is 332. The molecule has 0 radical (unpaired) electrons. The number of hydrogen-bond donors (Lipinski definition) is 3. The van der Waals surface area contributed by atoms with E-state index in [2.05, 4.69) is 31.4 Å². The minimum absolute atomic E-state index is 0.0904. The molecule has 0 aliphatic carbocycles. The second-order valence-corrected chi connectivity index (χ2v) is 8.71. The Labute approximate surface area is 169 Å². The number of rotatable bonds is 20. The molecule has 0 aliphatic heterocycles. The van der Waals surface area contributed by atoms with Gasteiger partial charge in [0.2, 0.25) is 5.91 Å². The van der Waals surface area contributed by atoms with Crippen molar-refractivity contribution in [2.75, 3.05) is 19.6 Å². The van der Waals surface area contributed by atoms with Crippen molar-refractivity contribution in [3.05, 3.63) is 0 Å². The summed E-state index contributed by atoms with van der Waals surface area (Å²) >= 11 is 0. The average molecular weight is 384 g/mol. The van der Waals surface area contributed by atoms with E-state index in [0.717, 1.165) is 25.9 Å². The molecular weight excluding hydrogens is 334 g/mol. The predicted molar refractivity (Wildman–Crippen MR) is 119 cm³/mol. The van der Waals surface area contributed by atoms with Gasteiger partial charge in [-0.05, 0) is 39.8 Å². The lowest BCUT2D eigenvalue weighted by Gasteiger charge is -2.26. The molecule has 0 aliphatic rings. The molecule has 0 aromatic carbocycles. The summed E-state index contributed by atoms with van der Waals surface area (Å²) in [6.45, 7) is 8.90. The van der Waals surface area contributed by atoms with Crippen molar-refractivity contribution in [1.29, 1.82) is 0 Å². The van der Waals surface area contributed by atoms with Crippen molar-refractivity contribution in [2.24, 2.45) is 5.73 Å². The molecule has 0 saturated carbocycles. The van der Waals surface area contributed by atoms with Crippen LogP contribution < -0.4 is 16.4 Å². The Balaban J connectivity index is 3.46. The zero-order chi connectivity index (χ0) is 20.2. The third-order valence-corrected chi connectivity index (χ3v) is 5.22. The van der Waals surface area contributed by atoms with Crippen LogP contribution >= 0.6 is 0 Å². The van der Waals surface area contributed by atoms with Gasteiger partial charge in [0.15, 0.2) is 0 Å². The summed E-state index contributed by atoms with van der Waals surface area (Å²) in [5.41, 5.74) is 5.36. The zero-order valence-electron chi connectivity index (χ0n) is 18.7. The lowest BCUT2D eigenvalue weighted by Crippen LogP contribution is -2.44. The van der Waals surface area contributed by atoms with Gasteiger partial charge in [-0.1, -0.05) is 84.0 Å². The Kier molecular flexibility index (Phi) is 18.3. The van der Waals surface area contributed by atoms with E-state index in [4.69, 9.17) is 5.73 Å². The molecule has 0 aromatic rings. The van der Waals surface area contributed by atoms with Gasteiger partial charge >= 0.3 is 0 Å². The number of nitrogens with one attached hydrogen (secondary N) is 2.